The molecule has 0 spiro atoms. The zero-order valence-electron chi connectivity index (χ0n) is 18.4. The van der Waals surface area contributed by atoms with Gasteiger partial charge in [0.25, 0.3) is 0 Å². The van der Waals surface area contributed by atoms with E-state index in [0.29, 0.717) is 22.4 Å². The first-order valence-electron chi connectivity index (χ1n) is 10.7. The number of hydrogen-bond donors (Lipinski definition) is 2. The molecule has 0 unspecified atom stereocenters. The van der Waals surface area contributed by atoms with Crippen LogP contribution in [0.2, 0.25) is 10.0 Å². The van der Waals surface area contributed by atoms with Crippen LogP contribution in [-0.4, -0.2) is 25.7 Å². The number of rotatable bonds is 6. The summed E-state index contributed by atoms with van der Waals surface area (Å²) >= 11 is 12.3. The summed E-state index contributed by atoms with van der Waals surface area (Å²) in [6, 6.07) is 17.6. The minimum atomic E-state index is 0.0379. The van der Waals surface area contributed by atoms with Crippen molar-refractivity contribution in [2.24, 2.45) is 0 Å². The van der Waals surface area contributed by atoms with Crippen molar-refractivity contribution in [1.82, 2.24) is 10.3 Å². The summed E-state index contributed by atoms with van der Waals surface area (Å²) in [6.45, 7) is 1.21. The molecule has 0 saturated carbocycles. The maximum atomic E-state index is 6.28. The van der Waals surface area contributed by atoms with E-state index in [9.17, 15) is 0 Å². The maximum absolute atomic E-state index is 6.28. The van der Waals surface area contributed by atoms with Gasteiger partial charge in [-0.15, -0.1) is 0 Å². The van der Waals surface area contributed by atoms with Crippen LogP contribution in [0.1, 0.15) is 28.4 Å². The van der Waals surface area contributed by atoms with Gasteiger partial charge in [-0.3, -0.25) is 0 Å². The van der Waals surface area contributed by atoms with E-state index in [1.54, 1.807) is 32.4 Å². The highest BCUT2D eigenvalue weighted by atomic mass is 35.5. The number of halogens is 2. The lowest BCUT2D eigenvalue weighted by Gasteiger charge is -2.25. The van der Waals surface area contributed by atoms with Gasteiger partial charge in [-0.1, -0.05) is 29.3 Å². The number of aromatic amines is 1. The highest BCUT2D eigenvalue weighted by molar-refractivity contribution is 6.35. The van der Waals surface area contributed by atoms with Crippen LogP contribution in [-0.2, 0) is 13.0 Å². The van der Waals surface area contributed by atoms with Crippen molar-refractivity contribution in [3.8, 4) is 17.2 Å². The third-order valence-corrected chi connectivity index (χ3v) is 6.60. The van der Waals surface area contributed by atoms with Crippen LogP contribution in [0.4, 0.5) is 0 Å². The van der Waals surface area contributed by atoms with Crippen LogP contribution in [0, 0.1) is 0 Å². The SMILES string of the molecule is COc1ccc2[nH]c3c(c2c1)CCN[C@@H]3c1ccc(OC)c(COc2ccc(Cl)cc2Cl)c1. The third kappa shape index (κ3) is 4.24. The molecular formula is C26H24Cl2N2O3. The fraction of sp³-hybridized carbons (Fsp3) is 0.231. The summed E-state index contributed by atoms with van der Waals surface area (Å²) in [4.78, 5) is 3.62. The summed E-state index contributed by atoms with van der Waals surface area (Å²) in [5.41, 5.74) is 5.70. The first-order chi connectivity index (χ1) is 16.1. The van der Waals surface area contributed by atoms with Gasteiger partial charge in [0.15, 0.2) is 0 Å². The van der Waals surface area contributed by atoms with Gasteiger partial charge >= 0.3 is 0 Å². The second-order valence-electron chi connectivity index (χ2n) is 8.00. The Morgan fingerprint density at radius 3 is 2.58 bits per heavy atom. The minimum absolute atomic E-state index is 0.0379. The molecule has 2 heterocycles. The van der Waals surface area contributed by atoms with Gasteiger partial charge in [0.1, 0.15) is 23.9 Å². The molecule has 33 heavy (non-hydrogen) atoms. The largest absolute Gasteiger partial charge is 0.497 e. The fourth-order valence-corrected chi connectivity index (χ4v) is 4.92. The van der Waals surface area contributed by atoms with Crippen LogP contribution in [0.15, 0.2) is 54.6 Å². The van der Waals surface area contributed by atoms with Crippen LogP contribution >= 0.6 is 23.2 Å². The molecule has 7 heteroatoms. The number of H-pyrrole nitrogens is 1. The highest BCUT2D eigenvalue weighted by Crippen LogP contribution is 2.37. The van der Waals surface area contributed by atoms with E-state index in [2.05, 4.69) is 34.6 Å². The molecule has 0 radical (unpaired) electrons. The van der Waals surface area contributed by atoms with Gasteiger partial charge < -0.3 is 24.5 Å². The van der Waals surface area contributed by atoms with Gasteiger partial charge in [0, 0.05) is 33.7 Å². The van der Waals surface area contributed by atoms with Crippen LogP contribution in [0.3, 0.4) is 0 Å². The Morgan fingerprint density at radius 1 is 0.939 bits per heavy atom. The maximum Gasteiger partial charge on any atom is 0.138 e. The smallest absolute Gasteiger partial charge is 0.138 e. The molecule has 1 aliphatic rings. The lowest BCUT2D eigenvalue weighted by Crippen LogP contribution is -2.30. The quantitative estimate of drug-likeness (QED) is 0.338. The van der Waals surface area contributed by atoms with Crippen molar-refractivity contribution in [2.75, 3.05) is 20.8 Å². The van der Waals surface area contributed by atoms with Crippen molar-refractivity contribution < 1.29 is 14.2 Å². The van der Waals surface area contributed by atoms with Gasteiger partial charge in [-0.2, -0.15) is 0 Å². The van der Waals surface area contributed by atoms with Gasteiger partial charge in [-0.05, 0) is 66.1 Å². The Morgan fingerprint density at radius 2 is 1.79 bits per heavy atom. The molecule has 1 aromatic heterocycles. The van der Waals surface area contributed by atoms with E-state index in [0.717, 1.165) is 41.1 Å². The van der Waals surface area contributed by atoms with E-state index in [1.807, 2.05) is 12.1 Å². The second-order valence-corrected chi connectivity index (χ2v) is 8.84. The van der Waals surface area contributed by atoms with Crippen molar-refractivity contribution in [2.45, 2.75) is 19.1 Å². The van der Waals surface area contributed by atoms with Gasteiger partial charge in [0.2, 0.25) is 0 Å². The topological polar surface area (TPSA) is 55.5 Å². The predicted molar refractivity (Wildman–Crippen MR) is 132 cm³/mol. The molecule has 0 saturated heterocycles. The summed E-state index contributed by atoms with van der Waals surface area (Å²) in [7, 11) is 3.36. The molecule has 0 aliphatic carbocycles. The van der Waals surface area contributed by atoms with E-state index < -0.39 is 0 Å². The molecule has 0 fully saturated rings. The molecule has 2 N–H and O–H groups in total. The molecule has 0 bridgehead atoms. The molecule has 3 aromatic carbocycles. The predicted octanol–water partition coefficient (Wildman–Crippen LogP) is 6.31. The molecule has 5 nitrogen and oxygen atoms in total. The minimum Gasteiger partial charge on any atom is -0.497 e. The lowest BCUT2D eigenvalue weighted by molar-refractivity contribution is 0.296. The van der Waals surface area contributed by atoms with Crippen molar-refractivity contribution in [3.63, 3.8) is 0 Å². The highest BCUT2D eigenvalue weighted by Gasteiger charge is 2.26. The molecule has 1 aliphatic heterocycles. The molecule has 0 amide bonds. The van der Waals surface area contributed by atoms with Gasteiger partial charge in [0.05, 0.1) is 25.3 Å². The molecule has 170 valence electrons. The zero-order chi connectivity index (χ0) is 22.9. The Labute approximate surface area is 202 Å². The van der Waals surface area contributed by atoms with Crippen LogP contribution < -0.4 is 19.5 Å². The number of aromatic nitrogens is 1. The summed E-state index contributed by atoms with van der Waals surface area (Å²) in [5.74, 6) is 2.21. The number of hydrogen-bond acceptors (Lipinski definition) is 4. The van der Waals surface area contributed by atoms with E-state index >= 15 is 0 Å². The van der Waals surface area contributed by atoms with E-state index in [1.165, 1.54) is 16.6 Å². The Kier molecular flexibility index (Phi) is 6.11. The number of nitrogens with one attached hydrogen (secondary N) is 2. The third-order valence-electron chi connectivity index (χ3n) is 6.07. The summed E-state index contributed by atoms with van der Waals surface area (Å²) < 4.78 is 17.0. The van der Waals surface area contributed by atoms with Crippen molar-refractivity contribution in [3.05, 3.63) is 87.0 Å². The Bertz CT molecular complexity index is 1320. The number of ether oxygens (including phenoxy) is 3. The molecule has 1 atom stereocenters. The fourth-order valence-electron chi connectivity index (χ4n) is 4.46. The zero-order valence-corrected chi connectivity index (χ0v) is 19.9. The first kappa shape index (κ1) is 22.0. The van der Waals surface area contributed by atoms with Crippen LogP contribution in [0.5, 0.6) is 17.2 Å². The number of methoxy groups -OCH3 is 2. The normalized spacial score (nSPS) is 15.3. The average Bonchev–Trinajstić information content (AvgIpc) is 3.21. The Balaban J connectivity index is 1.48. The van der Waals surface area contributed by atoms with E-state index in [4.69, 9.17) is 37.4 Å². The number of fused-ring (bicyclic) bond motifs is 3. The number of benzene rings is 3. The van der Waals surface area contributed by atoms with Crippen molar-refractivity contribution in [1.29, 1.82) is 0 Å². The molecule has 5 rings (SSSR count). The molecule has 4 aromatic rings. The molecular weight excluding hydrogens is 459 g/mol. The summed E-state index contributed by atoms with van der Waals surface area (Å²) in [5, 5.41) is 5.92. The van der Waals surface area contributed by atoms with E-state index in [-0.39, 0.29) is 6.04 Å². The van der Waals surface area contributed by atoms with Crippen LogP contribution in [0.25, 0.3) is 10.9 Å². The standard InChI is InChI=1S/C26H24Cl2N2O3/c1-31-18-5-6-22-20(13-18)19-9-10-29-25(26(19)30-22)15-3-7-23(32-2)16(11-15)14-33-24-8-4-17(27)12-21(24)28/h3-8,11-13,25,29-30H,9-10,14H2,1-2H3/t25-/m1/s1. The Hall–Kier alpha value is -2.86. The first-order valence-corrected chi connectivity index (χ1v) is 11.5. The summed E-state index contributed by atoms with van der Waals surface area (Å²) in [6.07, 6.45) is 0.959. The average molecular weight is 483 g/mol. The lowest BCUT2D eigenvalue weighted by atomic mass is 9.93. The monoisotopic (exact) mass is 482 g/mol. The second kappa shape index (κ2) is 9.18. The van der Waals surface area contributed by atoms with Gasteiger partial charge in [-0.25, -0.2) is 0 Å². The van der Waals surface area contributed by atoms with Crippen molar-refractivity contribution >= 4 is 34.1 Å².